The van der Waals surface area contributed by atoms with Crippen LogP contribution < -0.4 is 16.0 Å². The summed E-state index contributed by atoms with van der Waals surface area (Å²) >= 11 is 6.36. The quantitative estimate of drug-likeness (QED) is 0.528. The van der Waals surface area contributed by atoms with Crippen molar-refractivity contribution >= 4 is 53.3 Å². The van der Waals surface area contributed by atoms with Gasteiger partial charge in [-0.15, -0.1) is 12.4 Å². The van der Waals surface area contributed by atoms with Crippen LogP contribution >= 0.6 is 24.0 Å². The van der Waals surface area contributed by atoms with Crippen molar-refractivity contribution in [3.8, 4) is 0 Å². The van der Waals surface area contributed by atoms with Gasteiger partial charge in [0, 0.05) is 30.4 Å². The molecular formula is C22H24Cl2N6O4. The number of hydrogen-bond acceptors (Lipinski definition) is 7. The van der Waals surface area contributed by atoms with E-state index in [4.69, 9.17) is 11.6 Å². The van der Waals surface area contributed by atoms with E-state index in [-0.39, 0.29) is 36.4 Å². The van der Waals surface area contributed by atoms with E-state index in [1.807, 2.05) is 10.9 Å². The van der Waals surface area contributed by atoms with E-state index in [1.165, 1.54) is 0 Å². The van der Waals surface area contributed by atoms with Crippen molar-refractivity contribution in [3.63, 3.8) is 0 Å². The highest BCUT2D eigenvalue weighted by Gasteiger charge is 2.45. The first-order valence-corrected chi connectivity index (χ1v) is 11.3. The first-order valence-electron chi connectivity index (χ1n) is 11.0. The maximum atomic E-state index is 13.2. The van der Waals surface area contributed by atoms with Gasteiger partial charge in [0.05, 0.1) is 17.2 Å². The number of halogens is 2. The lowest BCUT2D eigenvalue weighted by Gasteiger charge is -2.27. The zero-order chi connectivity index (χ0) is 23.1. The minimum Gasteiger partial charge on any atom is -0.380 e. The molecule has 10 nitrogen and oxygen atoms in total. The number of anilines is 1. The third kappa shape index (κ3) is 4.28. The van der Waals surface area contributed by atoms with Gasteiger partial charge in [0.15, 0.2) is 5.15 Å². The first-order chi connectivity index (χ1) is 15.9. The number of nitrogens with one attached hydrogen (secondary N) is 3. The van der Waals surface area contributed by atoms with Gasteiger partial charge in [0.25, 0.3) is 11.8 Å². The molecule has 2 fully saturated rings. The van der Waals surface area contributed by atoms with Crippen molar-refractivity contribution in [2.24, 2.45) is 0 Å². The third-order valence-corrected chi connectivity index (χ3v) is 6.69. The van der Waals surface area contributed by atoms with Crippen LogP contribution in [0.3, 0.4) is 0 Å². The topological polar surface area (TPSA) is 125 Å². The summed E-state index contributed by atoms with van der Waals surface area (Å²) in [5.41, 5.74) is 1.71. The molecule has 5 rings (SSSR count). The summed E-state index contributed by atoms with van der Waals surface area (Å²) in [6.07, 6.45) is 4.06. The van der Waals surface area contributed by atoms with Gasteiger partial charge in [-0.25, -0.2) is 0 Å². The Bertz CT molecular complexity index is 1160. The fourth-order valence-electron chi connectivity index (χ4n) is 4.64. The number of aromatic nitrogens is 2. The van der Waals surface area contributed by atoms with Gasteiger partial charge in [0.2, 0.25) is 11.8 Å². The van der Waals surface area contributed by atoms with Crippen LogP contribution in [-0.4, -0.2) is 57.4 Å². The van der Waals surface area contributed by atoms with Crippen LogP contribution in [0.25, 0.3) is 0 Å². The highest BCUT2D eigenvalue weighted by molar-refractivity contribution is 6.30. The van der Waals surface area contributed by atoms with Gasteiger partial charge in [-0.3, -0.25) is 34.1 Å². The molecule has 3 N–H and O–H groups in total. The van der Waals surface area contributed by atoms with Crippen LogP contribution in [0, 0.1) is 0 Å². The summed E-state index contributed by atoms with van der Waals surface area (Å²) in [5.74, 6) is -2.13. The van der Waals surface area contributed by atoms with E-state index in [1.54, 1.807) is 18.2 Å². The van der Waals surface area contributed by atoms with E-state index >= 15 is 0 Å². The molecular weight excluding hydrogens is 483 g/mol. The normalized spacial score (nSPS) is 20.7. The number of carbonyl (C=O) groups excluding carboxylic acids is 4. The Labute approximate surface area is 206 Å². The molecule has 12 heteroatoms. The molecule has 3 aliphatic heterocycles. The molecule has 34 heavy (non-hydrogen) atoms. The van der Waals surface area contributed by atoms with Gasteiger partial charge >= 0.3 is 0 Å². The number of piperidine rings is 2. The molecule has 4 heterocycles. The van der Waals surface area contributed by atoms with E-state index in [0.717, 1.165) is 36.4 Å². The van der Waals surface area contributed by atoms with E-state index in [0.29, 0.717) is 23.4 Å². The van der Waals surface area contributed by atoms with Crippen LogP contribution in [0.15, 0.2) is 24.4 Å². The highest BCUT2D eigenvalue weighted by atomic mass is 35.5. The summed E-state index contributed by atoms with van der Waals surface area (Å²) in [6.45, 7) is 2.19. The minimum atomic E-state index is -0.999. The fourth-order valence-corrected chi connectivity index (χ4v) is 4.84. The molecule has 0 spiro atoms. The number of amides is 4. The summed E-state index contributed by atoms with van der Waals surface area (Å²) in [4.78, 5) is 50.9. The largest absolute Gasteiger partial charge is 0.380 e. The molecule has 0 saturated carbocycles. The second-order valence-corrected chi connectivity index (χ2v) is 8.79. The summed E-state index contributed by atoms with van der Waals surface area (Å²) < 4.78 is 1.90. The smallest absolute Gasteiger partial charge is 0.264 e. The van der Waals surface area contributed by atoms with Crippen LogP contribution in [0.4, 0.5) is 5.69 Å². The first kappa shape index (κ1) is 24.2. The van der Waals surface area contributed by atoms with Crippen molar-refractivity contribution in [1.29, 1.82) is 0 Å². The molecule has 0 aliphatic carbocycles. The summed E-state index contributed by atoms with van der Waals surface area (Å²) in [5, 5.41) is 13.6. The average molecular weight is 507 g/mol. The zero-order valence-corrected chi connectivity index (χ0v) is 19.7. The van der Waals surface area contributed by atoms with Gasteiger partial charge in [0.1, 0.15) is 6.04 Å². The number of nitrogens with zero attached hydrogens (tertiary/aromatic N) is 3. The SMILES string of the molecule is Cl.O=C1CCC(N2C(=O)c3cccc(NCc4cn(C5CCNCC5)nc4Cl)c3C2=O)C(=O)N1. The maximum absolute atomic E-state index is 13.2. The molecule has 3 aliphatic rings. The standard InChI is InChI=1S/C22H23ClN6O4.ClH/c23-19-12(11-28(27-19)13-6-8-24-9-7-13)10-25-15-3-1-2-14-18(15)22(33)29(21(14)32)16-4-5-17(30)26-20(16)31;/h1-3,11,13,16,24-25H,4-10H2,(H,26,30,31);1H. The maximum Gasteiger partial charge on any atom is 0.264 e. The molecule has 1 unspecified atom stereocenters. The number of fused-ring (bicyclic) bond motifs is 1. The molecule has 1 atom stereocenters. The molecule has 4 amide bonds. The Morgan fingerprint density at radius 1 is 1.09 bits per heavy atom. The Morgan fingerprint density at radius 3 is 2.59 bits per heavy atom. The Kier molecular flexibility index (Phi) is 6.92. The van der Waals surface area contributed by atoms with E-state index in [2.05, 4.69) is 21.0 Å². The van der Waals surface area contributed by atoms with Crippen LogP contribution in [0.2, 0.25) is 5.15 Å². The van der Waals surface area contributed by atoms with Crippen LogP contribution in [0.1, 0.15) is 58.0 Å². The number of rotatable bonds is 5. The number of imide groups is 2. The molecule has 0 radical (unpaired) electrons. The van der Waals surface area contributed by atoms with Crippen molar-refractivity contribution in [2.45, 2.75) is 44.3 Å². The predicted octanol–water partition coefficient (Wildman–Crippen LogP) is 1.90. The monoisotopic (exact) mass is 506 g/mol. The lowest BCUT2D eigenvalue weighted by Crippen LogP contribution is -2.54. The molecule has 180 valence electrons. The number of carbonyl (C=O) groups is 4. The molecule has 1 aromatic heterocycles. The number of benzene rings is 1. The van der Waals surface area contributed by atoms with Crippen molar-refractivity contribution < 1.29 is 19.2 Å². The van der Waals surface area contributed by atoms with E-state index < -0.39 is 29.7 Å². The van der Waals surface area contributed by atoms with Crippen LogP contribution in [-0.2, 0) is 16.1 Å². The average Bonchev–Trinajstić information content (AvgIpc) is 3.31. The molecule has 2 saturated heterocycles. The molecule has 0 bridgehead atoms. The second-order valence-electron chi connectivity index (χ2n) is 8.44. The zero-order valence-electron chi connectivity index (χ0n) is 18.2. The highest BCUT2D eigenvalue weighted by Crippen LogP contribution is 2.33. The van der Waals surface area contributed by atoms with Crippen molar-refractivity contribution in [3.05, 3.63) is 46.2 Å². The Hall–Kier alpha value is -2.95. The molecule has 2 aromatic rings. The third-order valence-electron chi connectivity index (χ3n) is 6.38. The fraction of sp³-hybridized carbons (Fsp3) is 0.409. The van der Waals surface area contributed by atoms with Gasteiger partial charge in [-0.2, -0.15) is 5.10 Å². The van der Waals surface area contributed by atoms with Gasteiger partial charge in [-0.05, 0) is 44.5 Å². The summed E-state index contributed by atoms with van der Waals surface area (Å²) in [6, 6.07) is 4.25. The Balaban J connectivity index is 0.00000274. The van der Waals surface area contributed by atoms with Gasteiger partial charge in [-0.1, -0.05) is 17.7 Å². The van der Waals surface area contributed by atoms with Crippen molar-refractivity contribution in [1.82, 2.24) is 25.3 Å². The predicted molar refractivity (Wildman–Crippen MR) is 126 cm³/mol. The lowest BCUT2D eigenvalue weighted by molar-refractivity contribution is -0.136. The number of hydrogen-bond donors (Lipinski definition) is 3. The van der Waals surface area contributed by atoms with Crippen molar-refractivity contribution in [2.75, 3.05) is 18.4 Å². The second kappa shape index (κ2) is 9.73. The van der Waals surface area contributed by atoms with E-state index in [9.17, 15) is 19.2 Å². The van der Waals surface area contributed by atoms with Crippen LogP contribution in [0.5, 0.6) is 0 Å². The molecule has 1 aromatic carbocycles. The minimum absolute atomic E-state index is 0. The lowest BCUT2D eigenvalue weighted by atomic mass is 10.0. The summed E-state index contributed by atoms with van der Waals surface area (Å²) in [7, 11) is 0. The van der Waals surface area contributed by atoms with Gasteiger partial charge < -0.3 is 10.6 Å². The Morgan fingerprint density at radius 2 is 1.85 bits per heavy atom.